The largest absolute Gasteiger partial charge is 0.507 e. The molecule has 8 nitrogen and oxygen atoms in total. The lowest BCUT2D eigenvalue weighted by Crippen LogP contribution is -2.47. The molecule has 1 aromatic carbocycles. The van der Waals surface area contributed by atoms with Crippen LogP contribution in [0.5, 0.6) is 5.75 Å². The van der Waals surface area contributed by atoms with Gasteiger partial charge in [0.15, 0.2) is 0 Å². The third kappa shape index (κ3) is 6.57. The molecule has 2 aliphatic rings. The Bertz CT molecular complexity index is 1100. The first-order chi connectivity index (χ1) is 19.7. The van der Waals surface area contributed by atoms with Crippen molar-refractivity contribution in [2.24, 2.45) is 23.7 Å². The minimum atomic E-state index is -1.18. The molecule has 2 aliphatic heterocycles. The second-order valence-electron chi connectivity index (χ2n) is 13.2. The number of rotatable bonds is 14. The number of benzene rings is 1. The van der Waals surface area contributed by atoms with Gasteiger partial charge in [0.05, 0.1) is 35.6 Å². The summed E-state index contributed by atoms with van der Waals surface area (Å²) >= 11 is 0. The van der Waals surface area contributed by atoms with Gasteiger partial charge in [0.1, 0.15) is 17.1 Å². The van der Waals surface area contributed by atoms with E-state index >= 15 is 0 Å². The lowest BCUT2D eigenvalue weighted by molar-refractivity contribution is -0.188. The normalized spacial score (nSPS) is 31.4. The van der Waals surface area contributed by atoms with E-state index in [4.69, 9.17) is 9.47 Å². The predicted molar refractivity (Wildman–Crippen MR) is 162 cm³/mol. The molecule has 42 heavy (non-hydrogen) atoms. The fraction of sp³-hybridized carbons (Fsp3) is 0.765. The van der Waals surface area contributed by atoms with E-state index in [9.17, 15) is 30.0 Å². The molecular formula is C34H54O8. The lowest BCUT2D eigenvalue weighted by atomic mass is 9.77. The number of hydrogen-bond acceptors (Lipinski definition) is 7. The van der Waals surface area contributed by atoms with Crippen molar-refractivity contribution in [3.05, 3.63) is 28.8 Å². The predicted octanol–water partition coefficient (Wildman–Crippen LogP) is 5.84. The Labute approximate surface area is 251 Å². The summed E-state index contributed by atoms with van der Waals surface area (Å²) in [5.41, 5.74) is -0.170. The summed E-state index contributed by atoms with van der Waals surface area (Å²) in [5.74, 6) is -2.55. The minimum Gasteiger partial charge on any atom is -0.507 e. The molecule has 0 aliphatic carbocycles. The molecule has 0 aromatic heterocycles. The van der Waals surface area contributed by atoms with Crippen molar-refractivity contribution >= 4 is 11.8 Å². The fourth-order valence-electron chi connectivity index (χ4n) is 7.58. The van der Waals surface area contributed by atoms with E-state index in [1.807, 2.05) is 20.8 Å². The van der Waals surface area contributed by atoms with Crippen molar-refractivity contribution in [3.63, 3.8) is 0 Å². The van der Waals surface area contributed by atoms with E-state index < -0.39 is 35.3 Å². The van der Waals surface area contributed by atoms with Crippen LogP contribution < -0.4 is 0 Å². The number of hydrogen-bond donors (Lipinski definition) is 4. The standard InChI is InChI=1S/C34H54O8/c1-9-25(31-21(6)18-34(11-3,42-31)26-16-17-33(10-2,41-26)23(8)35)30(38)22(7)28(36)19(4)12-14-24-15-13-20(5)29(37)27(24)32(39)40/h13,15,19,21-23,25-26,28,31,35-37H,9-12,14,16-18H2,1-8H3,(H,39,40)/t19-,21+,22+,23-,25+,26?,28+,31+,33+,34+/m1/s1. The number of aromatic hydroxyl groups is 1. The van der Waals surface area contributed by atoms with Gasteiger partial charge in [-0.1, -0.05) is 53.7 Å². The molecule has 238 valence electrons. The maximum atomic E-state index is 13.9. The first kappa shape index (κ1) is 34.5. The van der Waals surface area contributed by atoms with Gasteiger partial charge in [-0.05, 0) is 88.2 Å². The molecule has 0 spiro atoms. The second kappa shape index (κ2) is 13.7. The summed E-state index contributed by atoms with van der Waals surface area (Å²) in [6.07, 6.45) is 3.39. The number of Topliss-reactive ketones (excluding diaryl/α,β-unsaturated/α-hetero) is 1. The number of carbonyl (C=O) groups is 2. The quantitative estimate of drug-likeness (QED) is 0.212. The first-order valence-electron chi connectivity index (χ1n) is 16.0. The van der Waals surface area contributed by atoms with Crippen LogP contribution in [0, 0.1) is 30.6 Å². The molecule has 0 amide bonds. The van der Waals surface area contributed by atoms with Crippen LogP contribution in [0.4, 0.5) is 0 Å². The van der Waals surface area contributed by atoms with Crippen LogP contribution in [0.2, 0.25) is 0 Å². The van der Waals surface area contributed by atoms with Crippen molar-refractivity contribution in [2.45, 2.75) is 142 Å². The average molecular weight is 591 g/mol. The molecule has 0 bridgehead atoms. The Morgan fingerprint density at radius 2 is 1.74 bits per heavy atom. The molecule has 3 rings (SSSR count). The van der Waals surface area contributed by atoms with Crippen LogP contribution in [0.15, 0.2) is 12.1 Å². The number of aliphatic hydroxyl groups is 2. The number of carbonyl (C=O) groups excluding carboxylic acids is 1. The SMILES string of the molecule is CC[C@@H](C(=O)[C@@H](C)[C@@H](O)[C@H](C)CCc1ccc(C)c(O)c1C(=O)O)[C@H]1O[C@](CC)(C2CC[C@@](CC)([C@@H](C)O)O2)C[C@@H]1C. The van der Waals surface area contributed by atoms with E-state index in [2.05, 4.69) is 13.8 Å². The van der Waals surface area contributed by atoms with E-state index in [1.54, 1.807) is 32.9 Å². The van der Waals surface area contributed by atoms with Crippen LogP contribution in [-0.2, 0) is 20.7 Å². The Hall–Kier alpha value is -2.00. The summed E-state index contributed by atoms with van der Waals surface area (Å²) in [4.78, 5) is 25.7. The molecule has 4 N–H and O–H groups in total. The van der Waals surface area contributed by atoms with E-state index in [0.717, 1.165) is 32.1 Å². The number of phenols is 1. The topological polar surface area (TPSA) is 134 Å². The minimum absolute atomic E-state index is 0.0148. The van der Waals surface area contributed by atoms with Gasteiger partial charge in [0.25, 0.3) is 0 Å². The maximum Gasteiger partial charge on any atom is 0.339 e. The zero-order valence-corrected chi connectivity index (χ0v) is 26.9. The molecule has 1 aromatic rings. The average Bonchev–Trinajstić information content (AvgIpc) is 3.56. The smallest absolute Gasteiger partial charge is 0.339 e. The van der Waals surface area contributed by atoms with E-state index in [1.165, 1.54) is 0 Å². The number of carboxylic acid groups (broad SMARTS) is 1. The summed E-state index contributed by atoms with van der Waals surface area (Å²) in [6, 6.07) is 3.40. The Morgan fingerprint density at radius 1 is 1.07 bits per heavy atom. The van der Waals surface area contributed by atoms with E-state index in [-0.39, 0.29) is 47.1 Å². The van der Waals surface area contributed by atoms with Gasteiger partial charge >= 0.3 is 5.97 Å². The highest BCUT2D eigenvalue weighted by Gasteiger charge is 2.57. The van der Waals surface area contributed by atoms with Gasteiger partial charge in [-0.3, -0.25) is 4.79 Å². The molecule has 2 heterocycles. The molecule has 0 radical (unpaired) electrons. The number of ketones is 1. The monoisotopic (exact) mass is 590 g/mol. The molecule has 8 heteroatoms. The molecule has 2 fully saturated rings. The highest BCUT2D eigenvalue weighted by Crippen LogP contribution is 2.50. The van der Waals surface area contributed by atoms with E-state index in [0.29, 0.717) is 30.4 Å². The number of aryl methyl sites for hydroxylation is 2. The van der Waals surface area contributed by atoms with Crippen LogP contribution >= 0.6 is 0 Å². The number of carboxylic acids is 1. The van der Waals surface area contributed by atoms with Crippen molar-refractivity contribution in [1.29, 1.82) is 0 Å². The van der Waals surface area contributed by atoms with Crippen LogP contribution in [0.1, 0.15) is 115 Å². The zero-order valence-electron chi connectivity index (χ0n) is 26.9. The summed E-state index contributed by atoms with van der Waals surface area (Å²) in [7, 11) is 0. The number of aliphatic hydroxyl groups excluding tert-OH is 2. The number of aromatic carboxylic acids is 1. The lowest BCUT2D eigenvalue weighted by Gasteiger charge is -2.38. The van der Waals surface area contributed by atoms with Crippen molar-refractivity contribution in [2.75, 3.05) is 0 Å². The maximum absolute atomic E-state index is 13.9. The highest BCUT2D eigenvalue weighted by atomic mass is 16.6. The van der Waals surface area contributed by atoms with Gasteiger partial charge in [-0.25, -0.2) is 4.79 Å². The molecule has 2 saturated heterocycles. The van der Waals surface area contributed by atoms with Crippen molar-refractivity contribution in [3.8, 4) is 5.75 Å². The van der Waals surface area contributed by atoms with Crippen molar-refractivity contribution < 1.29 is 39.5 Å². The summed E-state index contributed by atoms with van der Waals surface area (Å²) in [6.45, 7) is 15.4. The molecule has 10 atom stereocenters. The summed E-state index contributed by atoms with van der Waals surface area (Å²) < 4.78 is 13.4. The number of ether oxygens (including phenoxy) is 2. The molecule has 1 unspecified atom stereocenters. The Balaban J connectivity index is 1.70. The molecular weight excluding hydrogens is 536 g/mol. The fourth-order valence-corrected chi connectivity index (χ4v) is 7.58. The van der Waals surface area contributed by atoms with Gasteiger partial charge in [-0.2, -0.15) is 0 Å². The Kier molecular flexibility index (Phi) is 11.3. The second-order valence-corrected chi connectivity index (χ2v) is 13.2. The Morgan fingerprint density at radius 3 is 2.26 bits per heavy atom. The third-order valence-corrected chi connectivity index (χ3v) is 10.6. The van der Waals surface area contributed by atoms with Crippen LogP contribution in [-0.4, -0.2) is 67.8 Å². The highest BCUT2D eigenvalue weighted by molar-refractivity contribution is 5.93. The van der Waals surface area contributed by atoms with Gasteiger partial charge in [-0.15, -0.1) is 0 Å². The summed E-state index contributed by atoms with van der Waals surface area (Å²) in [5, 5.41) is 41.6. The molecule has 0 saturated carbocycles. The first-order valence-corrected chi connectivity index (χ1v) is 16.0. The van der Waals surface area contributed by atoms with Gasteiger partial charge in [0.2, 0.25) is 0 Å². The van der Waals surface area contributed by atoms with Crippen molar-refractivity contribution in [1.82, 2.24) is 0 Å². The van der Waals surface area contributed by atoms with Gasteiger partial charge in [0, 0.05) is 11.8 Å². The van der Waals surface area contributed by atoms with Gasteiger partial charge < -0.3 is 29.9 Å². The zero-order chi connectivity index (χ0) is 31.6. The van der Waals surface area contributed by atoms with Crippen LogP contribution in [0.25, 0.3) is 0 Å². The third-order valence-electron chi connectivity index (χ3n) is 10.6. The van der Waals surface area contributed by atoms with Crippen LogP contribution in [0.3, 0.4) is 0 Å².